The fourth-order valence-corrected chi connectivity index (χ4v) is 3.42. The summed E-state index contributed by atoms with van der Waals surface area (Å²) in [6.07, 6.45) is 7.70. The molecule has 2 rings (SSSR count). The Kier molecular flexibility index (Phi) is 8.34. The zero-order valence-electron chi connectivity index (χ0n) is 15.2. The van der Waals surface area contributed by atoms with Crippen molar-refractivity contribution in [3.05, 3.63) is 11.1 Å². The highest BCUT2D eigenvalue weighted by Crippen LogP contribution is 2.20. The first-order valence-corrected chi connectivity index (χ1v) is 10.1. The van der Waals surface area contributed by atoms with E-state index >= 15 is 0 Å². The molecule has 1 fully saturated rings. The SMILES string of the molecule is CC(C)C(=O)Nc1nc(CC(=O)NCCCOC2CCCCC2)cs1. The fourth-order valence-electron chi connectivity index (χ4n) is 2.70. The van der Waals surface area contributed by atoms with Gasteiger partial charge in [0.2, 0.25) is 11.8 Å². The number of nitrogens with zero attached hydrogens (tertiary/aromatic N) is 1. The molecule has 7 heteroatoms. The van der Waals surface area contributed by atoms with Crippen LogP contribution in [-0.2, 0) is 20.7 Å². The standard InChI is InChI=1S/C18H29N3O3S/c1-13(2)17(23)21-18-20-14(12-25-18)11-16(22)19-9-6-10-24-15-7-4-3-5-8-15/h12-13,15H,3-11H2,1-2H3,(H,19,22)(H,20,21,23). The monoisotopic (exact) mass is 367 g/mol. The Morgan fingerprint density at radius 2 is 2.08 bits per heavy atom. The highest BCUT2D eigenvalue weighted by Gasteiger charge is 2.14. The number of nitrogens with one attached hydrogen (secondary N) is 2. The molecule has 0 aliphatic heterocycles. The van der Waals surface area contributed by atoms with E-state index in [0.717, 1.165) is 6.42 Å². The predicted molar refractivity (Wildman–Crippen MR) is 99.7 cm³/mol. The fraction of sp³-hybridized carbons (Fsp3) is 0.722. The van der Waals surface area contributed by atoms with Crippen LogP contribution in [0, 0.1) is 5.92 Å². The maximum absolute atomic E-state index is 11.9. The van der Waals surface area contributed by atoms with Crippen molar-refractivity contribution in [1.29, 1.82) is 0 Å². The molecule has 1 heterocycles. The number of carbonyl (C=O) groups is 2. The van der Waals surface area contributed by atoms with Gasteiger partial charge in [0, 0.05) is 24.4 Å². The van der Waals surface area contributed by atoms with Gasteiger partial charge in [0.25, 0.3) is 0 Å². The third kappa shape index (κ3) is 7.52. The van der Waals surface area contributed by atoms with Crippen LogP contribution in [0.5, 0.6) is 0 Å². The second-order valence-electron chi connectivity index (χ2n) is 6.80. The molecule has 0 saturated heterocycles. The van der Waals surface area contributed by atoms with Gasteiger partial charge in [0.1, 0.15) is 0 Å². The molecule has 25 heavy (non-hydrogen) atoms. The van der Waals surface area contributed by atoms with Gasteiger partial charge < -0.3 is 15.4 Å². The molecule has 1 aliphatic rings. The van der Waals surface area contributed by atoms with E-state index in [0.29, 0.717) is 30.1 Å². The van der Waals surface area contributed by atoms with Gasteiger partial charge in [-0.05, 0) is 19.3 Å². The summed E-state index contributed by atoms with van der Waals surface area (Å²) in [6.45, 7) is 4.98. The van der Waals surface area contributed by atoms with Crippen molar-refractivity contribution in [3.63, 3.8) is 0 Å². The van der Waals surface area contributed by atoms with Crippen LogP contribution in [0.25, 0.3) is 0 Å². The molecule has 0 radical (unpaired) electrons. The van der Waals surface area contributed by atoms with Crippen LogP contribution in [0.4, 0.5) is 5.13 Å². The molecular weight excluding hydrogens is 338 g/mol. The van der Waals surface area contributed by atoms with Crippen molar-refractivity contribution in [2.75, 3.05) is 18.5 Å². The van der Waals surface area contributed by atoms with E-state index in [2.05, 4.69) is 15.6 Å². The van der Waals surface area contributed by atoms with Crippen molar-refractivity contribution in [2.24, 2.45) is 5.92 Å². The molecule has 0 unspecified atom stereocenters. The van der Waals surface area contributed by atoms with Gasteiger partial charge in [0.05, 0.1) is 18.2 Å². The predicted octanol–water partition coefficient (Wildman–Crippen LogP) is 3.14. The van der Waals surface area contributed by atoms with Crippen LogP contribution in [0.2, 0.25) is 0 Å². The molecule has 2 N–H and O–H groups in total. The molecule has 0 bridgehead atoms. The Hall–Kier alpha value is -1.47. The van der Waals surface area contributed by atoms with Gasteiger partial charge in [-0.3, -0.25) is 9.59 Å². The lowest BCUT2D eigenvalue weighted by Crippen LogP contribution is -2.27. The number of ether oxygens (including phenoxy) is 1. The van der Waals surface area contributed by atoms with Crippen molar-refractivity contribution in [2.45, 2.75) is 64.9 Å². The summed E-state index contributed by atoms with van der Waals surface area (Å²) in [5.41, 5.74) is 0.681. The van der Waals surface area contributed by atoms with E-state index in [9.17, 15) is 9.59 Å². The Balaban J connectivity index is 1.58. The second kappa shape index (κ2) is 10.5. The normalized spacial score (nSPS) is 15.3. The number of hydrogen-bond acceptors (Lipinski definition) is 5. The molecule has 140 valence electrons. The molecule has 1 aromatic heterocycles. The number of aromatic nitrogens is 1. The van der Waals surface area contributed by atoms with E-state index in [1.165, 1.54) is 43.4 Å². The average molecular weight is 368 g/mol. The summed E-state index contributed by atoms with van der Waals surface area (Å²) in [4.78, 5) is 27.8. The van der Waals surface area contributed by atoms with Crippen LogP contribution in [0.1, 0.15) is 58.1 Å². The summed E-state index contributed by atoms with van der Waals surface area (Å²) in [6, 6.07) is 0. The summed E-state index contributed by atoms with van der Waals surface area (Å²) >= 11 is 1.34. The minimum atomic E-state index is -0.0912. The van der Waals surface area contributed by atoms with Gasteiger partial charge in [-0.25, -0.2) is 4.98 Å². The average Bonchev–Trinajstić information content (AvgIpc) is 3.02. The minimum absolute atomic E-state index is 0.0512. The van der Waals surface area contributed by atoms with Crippen LogP contribution in [0.15, 0.2) is 5.38 Å². The van der Waals surface area contributed by atoms with Crippen molar-refractivity contribution < 1.29 is 14.3 Å². The quantitative estimate of drug-likeness (QED) is 0.657. The van der Waals surface area contributed by atoms with Gasteiger partial charge in [0.15, 0.2) is 5.13 Å². The van der Waals surface area contributed by atoms with Crippen LogP contribution >= 0.6 is 11.3 Å². The summed E-state index contributed by atoms with van der Waals surface area (Å²) in [5.74, 6) is -0.209. The summed E-state index contributed by atoms with van der Waals surface area (Å²) < 4.78 is 5.84. The first-order valence-electron chi connectivity index (χ1n) is 9.18. The maximum Gasteiger partial charge on any atom is 0.228 e. The number of carbonyl (C=O) groups excluding carboxylic acids is 2. The van der Waals surface area contributed by atoms with Crippen LogP contribution in [-0.4, -0.2) is 36.1 Å². The Labute approximate surface area is 153 Å². The first-order chi connectivity index (χ1) is 12.0. The molecule has 0 spiro atoms. The lowest BCUT2D eigenvalue weighted by atomic mass is 9.98. The van der Waals surface area contributed by atoms with Gasteiger partial charge in [-0.15, -0.1) is 11.3 Å². The first kappa shape index (κ1) is 19.8. The number of anilines is 1. The highest BCUT2D eigenvalue weighted by atomic mass is 32.1. The molecule has 0 atom stereocenters. The number of amides is 2. The zero-order chi connectivity index (χ0) is 18.1. The number of thiazole rings is 1. The second-order valence-corrected chi connectivity index (χ2v) is 7.66. The molecule has 2 amide bonds. The molecule has 1 aliphatic carbocycles. The van der Waals surface area contributed by atoms with Crippen molar-refractivity contribution in [1.82, 2.24) is 10.3 Å². The Morgan fingerprint density at radius 3 is 2.80 bits per heavy atom. The van der Waals surface area contributed by atoms with E-state index in [1.54, 1.807) is 0 Å². The summed E-state index contributed by atoms with van der Waals surface area (Å²) in [5, 5.41) is 7.99. The smallest absolute Gasteiger partial charge is 0.228 e. The topological polar surface area (TPSA) is 80.3 Å². The molecule has 1 saturated carbocycles. The number of rotatable bonds is 9. The van der Waals surface area contributed by atoms with E-state index < -0.39 is 0 Å². The van der Waals surface area contributed by atoms with Crippen molar-refractivity contribution >= 4 is 28.3 Å². The Morgan fingerprint density at radius 1 is 1.32 bits per heavy atom. The lowest BCUT2D eigenvalue weighted by molar-refractivity contribution is -0.120. The van der Waals surface area contributed by atoms with Gasteiger partial charge in [-0.2, -0.15) is 0 Å². The zero-order valence-corrected chi connectivity index (χ0v) is 16.0. The third-order valence-electron chi connectivity index (χ3n) is 4.20. The minimum Gasteiger partial charge on any atom is -0.378 e. The van der Waals surface area contributed by atoms with Crippen LogP contribution in [0.3, 0.4) is 0 Å². The van der Waals surface area contributed by atoms with Crippen molar-refractivity contribution in [3.8, 4) is 0 Å². The van der Waals surface area contributed by atoms with E-state index in [4.69, 9.17) is 4.74 Å². The molecule has 1 aromatic rings. The molecular formula is C18H29N3O3S. The maximum atomic E-state index is 11.9. The largest absolute Gasteiger partial charge is 0.378 e. The van der Waals surface area contributed by atoms with E-state index in [-0.39, 0.29) is 24.2 Å². The van der Waals surface area contributed by atoms with Crippen LogP contribution < -0.4 is 10.6 Å². The molecule has 0 aromatic carbocycles. The highest BCUT2D eigenvalue weighted by molar-refractivity contribution is 7.13. The Bertz CT molecular complexity index is 554. The third-order valence-corrected chi connectivity index (χ3v) is 5.00. The summed E-state index contributed by atoms with van der Waals surface area (Å²) in [7, 11) is 0. The lowest BCUT2D eigenvalue weighted by Gasteiger charge is -2.21. The van der Waals surface area contributed by atoms with Gasteiger partial charge >= 0.3 is 0 Å². The van der Waals surface area contributed by atoms with E-state index in [1.807, 2.05) is 19.2 Å². The molecule has 6 nitrogen and oxygen atoms in total. The number of hydrogen-bond donors (Lipinski definition) is 2. The van der Waals surface area contributed by atoms with Gasteiger partial charge in [-0.1, -0.05) is 33.1 Å².